The molecule has 2 fully saturated rings. The molecule has 0 aromatic carbocycles. The molecule has 0 radical (unpaired) electrons. The Hall–Kier alpha value is -2.94. The smallest absolute Gasteiger partial charge is 0.289 e. The van der Waals surface area contributed by atoms with E-state index in [0.717, 1.165) is 26.2 Å². The molecule has 0 unspecified atom stereocenters. The molecule has 148 valence electrons. The van der Waals surface area contributed by atoms with Crippen molar-refractivity contribution in [3.05, 3.63) is 42.1 Å². The van der Waals surface area contributed by atoms with Crippen LogP contribution in [-0.2, 0) is 0 Å². The zero-order valence-electron chi connectivity index (χ0n) is 16.0. The maximum absolute atomic E-state index is 12.7. The van der Waals surface area contributed by atoms with Crippen molar-refractivity contribution in [2.45, 2.75) is 0 Å². The summed E-state index contributed by atoms with van der Waals surface area (Å²) in [7, 11) is 2.10. The lowest BCUT2D eigenvalue weighted by Gasteiger charge is -2.34. The highest BCUT2D eigenvalue weighted by Crippen LogP contribution is 2.14. The Balaban J connectivity index is 1.33. The number of piperazine rings is 2. The predicted octanol–water partition coefficient (Wildman–Crippen LogP) is 0.420. The topological polar surface area (TPSA) is 86.0 Å². The molecular weight excluding hydrogens is 360 g/mol. The molecule has 0 atom stereocenters. The predicted molar refractivity (Wildman–Crippen MR) is 102 cm³/mol. The summed E-state index contributed by atoms with van der Waals surface area (Å²) >= 11 is 0. The summed E-state index contributed by atoms with van der Waals surface area (Å²) in [5, 5.41) is 0. The monoisotopic (exact) mass is 384 g/mol. The second kappa shape index (κ2) is 7.97. The third kappa shape index (κ3) is 3.84. The first-order chi connectivity index (χ1) is 13.6. The van der Waals surface area contributed by atoms with E-state index in [1.807, 2.05) is 0 Å². The van der Waals surface area contributed by atoms with Crippen LogP contribution in [0.4, 0.5) is 5.95 Å². The molecular formula is C19H24N6O3. The van der Waals surface area contributed by atoms with Gasteiger partial charge in [-0.1, -0.05) is 0 Å². The number of carbonyl (C=O) groups excluding carboxylic acids is 2. The van der Waals surface area contributed by atoms with Gasteiger partial charge in [-0.3, -0.25) is 9.59 Å². The van der Waals surface area contributed by atoms with Gasteiger partial charge in [-0.25, -0.2) is 9.97 Å². The molecule has 2 aliphatic heterocycles. The van der Waals surface area contributed by atoms with E-state index in [1.54, 1.807) is 34.3 Å². The number of likely N-dealkylation sites (N-methyl/N-ethyl adjacent to an activating group) is 1. The molecule has 4 heterocycles. The number of hydrogen-bond acceptors (Lipinski definition) is 7. The third-order valence-corrected chi connectivity index (χ3v) is 5.26. The van der Waals surface area contributed by atoms with Crippen LogP contribution >= 0.6 is 0 Å². The number of furan rings is 1. The van der Waals surface area contributed by atoms with Crippen LogP contribution in [0.15, 0.2) is 35.2 Å². The molecule has 2 aliphatic rings. The second-order valence-corrected chi connectivity index (χ2v) is 7.12. The fourth-order valence-electron chi connectivity index (χ4n) is 3.45. The standard InChI is InChI=1S/C19H24N6O3/c1-22-4-6-25(7-5-22)19-20-13-15(14-21-19)17(26)23-8-10-24(11-9-23)18(27)16-3-2-12-28-16/h2-3,12-14H,4-11H2,1H3. The number of amides is 2. The lowest BCUT2D eigenvalue weighted by Crippen LogP contribution is -2.50. The van der Waals surface area contributed by atoms with Crippen molar-refractivity contribution >= 4 is 17.8 Å². The highest BCUT2D eigenvalue weighted by molar-refractivity contribution is 5.94. The summed E-state index contributed by atoms with van der Waals surface area (Å²) < 4.78 is 5.16. The number of rotatable bonds is 3. The molecule has 28 heavy (non-hydrogen) atoms. The Morgan fingerprint density at radius 3 is 2.07 bits per heavy atom. The van der Waals surface area contributed by atoms with Crippen LogP contribution in [0.3, 0.4) is 0 Å². The first kappa shape index (κ1) is 18.4. The molecule has 4 rings (SSSR count). The molecule has 2 aromatic rings. The Kier molecular flexibility index (Phi) is 5.25. The molecule has 0 bridgehead atoms. The number of carbonyl (C=O) groups is 2. The Labute approximate surface area is 163 Å². The van der Waals surface area contributed by atoms with E-state index in [1.165, 1.54) is 6.26 Å². The minimum atomic E-state index is -0.142. The van der Waals surface area contributed by atoms with Crippen LogP contribution in [-0.4, -0.2) is 95.9 Å². The zero-order valence-corrected chi connectivity index (χ0v) is 16.0. The number of anilines is 1. The Bertz CT molecular complexity index is 807. The van der Waals surface area contributed by atoms with Crippen molar-refractivity contribution in [1.82, 2.24) is 24.7 Å². The minimum absolute atomic E-state index is 0.102. The molecule has 9 heteroatoms. The summed E-state index contributed by atoms with van der Waals surface area (Å²) in [6.07, 6.45) is 4.69. The molecule has 2 amide bonds. The number of nitrogens with zero attached hydrogens (tertiary/aromatic N) is 6. The van der Waals surface area contributed by atoms with Gasteiger partial charge >= 0.3 is 0 Å². The minimum Gasteiger partial charge on any atom is -0.459 e. The van der Waals surface area contributed by atoms with Gasteiger partial charge in [0.2, 0.25) is 5.95 Å². The van der Waals surface area contributed by atoms with Crippen molar-refractivity contribution in [3.8, 4) is 0 Å². The average Bonchev–Trinajstić information content (AvgIpc) is 3.28. The highest BCUT2D eigenvalue weighted by Gasteiger charge is 2.27. The quantitative estimate of drug-likeness (QED) is 0.758. The first-order valence-corrected chi connectivity index (χ1v) is 9.49. The molecule has 0 spiro atoms. The van der Waals surface area contributed by atoms with Gasteiger partial charge in [0, 0.05) is 64.8 Å². The van der Waals surface area contributed by atoms with Gasteiger partial charge in [0.15, 0.2) is 5.76 Å². The van der Waals surface area contributed by atoms with E-state index in [0.29, 0.717) is 43.5 Å². The van der Waals surface area contributed by atoms with Crippen molar-refractivity contribution in [1.29, 1.82) is 0 Å². The summed E-state index contributed by atoms with van der Waals surface area (Å²) in [4.78, 5) is 41.7. The maximum Gasteiger partial charge on any atom is 0.289 e. The van der Waals surface area contributed by atoms with Crippen LogP contribution in [0, 0.1) is 0 Å². The zero-order chi connectivity index (χ0) is 19.5. The van der Waals surface area contributed by atoms with E-state index in [4.69, 9.17) is 4.42 Å². The van der Waals surface area contributed by atoms with Crippen LogP contribution in [0.5, 0.6) is 0 Å². The molecule has 2 saturated heterocycles. The lowest BCUT2D eigenvalue weighted by atomic mass is 10.2. The molecule has 0 saturated carbocycles. The lowest BCUT2D eigenvalue weighted by molar-refractivity contribution is 0.0517. The van der Waals surface area contributed by atoms with Crippen molar-refractivity contribution in [2.24, 2.45) is 0 Å². The molecule has 2 aromatic heterocycles. The maximum atomic E-state index is 12.7. The van der Waals surface area contributed by atoms with Gasteiger partial charge in [-0.2, -0.15) is 0 Å². The van der Waals surface area contributed by atoms with Gasteiger partial charge in [0.05, 0.1) is 11.8 Å². The van der Waals surface area contributed by atoms with E-state index in [9.17, 15) is 9.59 Å². The largest absolute Gasteiger partial charge is 0.459 e. The van der Waals surface area contributed by atoms with E-state index < -0.39 is 0 Å². The highest BCUT2D eigenvalue weighted by atomic mass is 16.3. The normalized spacial score (nSPS) is 18.4. The second-order valence-electron chi connectivity index (χ2n) is 7.12. The molecule has 0 aliphatic carbocycles. The Morgan fingerprint density at radius 2 is 1.50 bits per heavy atom. The molecule has 9 nitrogen and oxygen atoms in total. The van der Waals surface area contributed by atoms with Gasteiger partial charge < -0.3 is 24.0 Å². The van der Waals surface area contributed by atoms with E-state index >= 15 is 0 Å². The van der Waals surface area contributed by atoms with Crippen molar-refractivity contribution in [2.75, 3.05) is 64.3 Å². The summed E-state index contributed by atoms with van der Waals surface area (Å²) in [6.45, 7) is 5.63. The van der Waals surface area contributed by atoms with Crippen LogP contribution in [0.2, 0.25) is 0 Å². The van der Waals surface area contributed by atoms with Gasteiger partial charge in [0.1, 0.15) is 0 Å². The van der Waals surface area contributed by atoms with Crippen LogP contribution < -0.4 is 4.90 Å². The molecule has 0 N–H and O–H groups in total. The van der Waals surface area contributed by atoms with Crippen LogP contribution in [0.25, 0.3) is 0 Å². The van der Waals surface area contributed by atoms with Crippen LogP contribution in [0.1, 0.15) is 20.9 Å². The fraction of sp³-hybridized carbons (Fsp3) is 0.474. The Morgan fingerprint density at radius 1 is 0.893 bits per heavy atom. The summed E-state index contributed by atoms with van der Waals surface area (Å²) in [6, 6.07) is 3.35. The van der Waals surface area contributed by atoms with Gasteiger partial charge in [-0.15, -0.1) is 0 Å². The van der Waals surface area contributed by atoms with Gasteiger partial charge in [-0.05, 0) is 19.2 Å². The van der Waals surface area contributed by atoms with E-state index in [-0.39, 0.29) is 11.8 Å². The third-order valence-electron chi connectivity index (χ3n) is 5.26. The summed E-state index contributed by atoms with van der Waals surface area (Å²) in [5.74, 6) is 0.748. The van der Waals surface area contributed by atoms with E-state index in [2.05, 4.69) is 26.8 Å². The average molecular weight is 384 g/mol. The number of aromatic nitrogens is 2. The summed E-state index contributed by atoms with van der Waals surface area (Å²) in [5.41, 5.74) is 0.476. The fourth-order valence-corrected chi connectivity index (χ4v) is 3.45. The first-order valence-electron chi connectivity index (χ1n) is 9.49. The van der Waals surface area contributed by atoms with Crippen molar-refractivity contribution in [3.63, 3.8) is 0 Å². The van der Waals surface area contributed by atoms with Crippen molar-refractivity contribution < 1.29 is 14.0 Å². The SMILES string of the molecule is CN1CCN(c2ncc(C(=O)N3CCN(C(=O)c4ccco4)CC3)cn2)CC1. The number of hydrogen-bond donors (Lipinski definition) is 0. The van der Waals surface area contributed by atoms with Gasteiger partial charge in [0.25, 0.3) is 11.8 Å².